The van der Waals surface area contributed by atoms with Gasteiger partial charge >= 0.3 is 12.0 Å². The molecule has 0 saturated heterocycles. The van der Waals surface area contributed by atoms with Gasteiger partial charge in [0.05, 0.1) is 0 Å². The fourth-order valence-corrected chi connectivity index (χ4v) is 2.01. The molecule has 1 aliphatic rings. The number of aliphatic carboxylic acids is 1. The molecule has 1 unspecified atom stereocenters. The van der Waals surface area contributed by atoms with Gasteiger partial charge in [0.25, 0.3) is 0 Å². The zero-order chi connectivity index (χ0) is 14.4. The lowest BCUT2D eigenvalue weighted by Crippen LogP contribution is -2.50. The number of carboxylic acid groups (broad SMARTS) is 1. The molecule has 3 amide bonds. The van der Waals surface area contributed by atoms with Crippen molar-refractivity contribution in [1.29, 1.82) is 0 Å². The topological polar surface area (TPSA) is 122 Å². The van der Waals surface area contributed by atoms with Gasteiger partial charge in [-0.15, -0.1) is 0 Å². The van der Waals surface area contributed by atoms with E-state index in [-0.39, 0.29) is 18.9 Å². The summed E-state index contributed by atoms with van der Waals surface area (Å²) in [5, 5.41) is 14.0. The number of urea groups is 1. The first-order chi connectivity index (χ1) is 8.90. The number of hydrogen-bond acceptors (Lipinski definition) is 3. The maximum Gasteiger partial charge on any atom is 0.326 e. The van der Waals surface area contributed by atoms with E-state index in [0.717, 1.165) is 12.8 Å². The van der Waals surface area contributed by atoms with E-state index >= 15 is 0 Å². The van der Waals surface area contributed by atoms with Crippen LogP contribution >= 0.6 is 0 Å². The van der Waals surface area contributed by atoms with Gasteiger partial charge in [0.2, 0.25) is 5.91 Å². The number of nitrogens with two attached hydrogens (primary N) is 1. The number of amides is 3. The smallest absolute Gasteiger partial charge is 0.326 e. The molecule has 1 rings (SSSR count). The average molecular weight is 271 g/mol. The molecule has 1 aliphatic carbocycles. The Morgan fingerprint density at radius 3 is 2.37 bits per heavy atom. The van der Waals surface area contributed by atoms with Crippen LogP contribution in [0, 0.1) is 5.92 Å². The van der Waals surface area contributed by atoms with Gasteiger partial charge < -0.3 is 21.5 Å². The molecule has 0 bridgehead atoms. The molecule has 0 aliphatic heterocycles. The van der Waals surface area contributed by atoms with E-state index in [1.54, 1.807) is 0 Å². The molecule has 0 aromatic rings. The van der Waals surface area contributed by atoms with Crippen molar-refractivity contribution in [2.75, 3.05) is 0 Å². The van der Waals surface area contributed by atoms with Crippen molar-refractivity contribution >= 4 is 17.9 Å². The zero-order valence-corrected chi connectivity index (χ0v) is 11.0. The number of carbonyl (C=O) groups is 3. The minimum absolute atomic E-state index is 0.00407. The standard InChI is InChI=1S/C12H21N3O4/c1-7(8-3-2-4-8)14-12(19)15-9(11(17)18)5-6-10(13)16/h7-9H,2-6H2,1H3,(H2,13,16)(H,17,18)(H2,14,15,19)/t7?,9-/m1/s1. The average Bonchev–Trinajstić information content (AvgIpc) is 2.20. The molecule has 1 fully saturated rings. The van der Waals surface area contributed by atoms with Crippen LogP contribution < -0.4 is 16.4 Å². The SMILES string of the molecule is CC(NC(=O)N[C@H](CCC(N)=O)C(=O)O)C1CCC1. The molecule has 19 heavy (non-hydrogen) atoms. The summed E-state index contributed by atoms with van der Waals surface area (Å²) in [5.74, 6) is -1.29. The second-order valence-corrected chi connectivity index (χ2v) is 4.99. The highest BCUT2D eigenvalue weighted by Crippen LogP contribution is 2.29. The Kier molecular flexibility index (Phi) is 5.59. The number of nitrogens with one attached hydrogen (secondary N) is 2. The molecule has 0 aromatic heterocycles. The van der Waals surface area contributed by atoms with Crippen LogP contribution in [0.25, 0.3) is 0 Å². The quantitative estimate of drug-likeness (QED) is 0.528. The van der Waals surface area contributed by atoms with Crippen LogP contribution in [0.5, 0.6) is 0 Å². The van der Waals surface area contributed by atoms with Crippen molar-refractivity contribution in [2.24, 2.45) is 11.7 Å². The van der Waals surface area contributed by atoms with Crippen LogP contribution in [0.1, 0.15) is 39.0 Å². The highest BCUT2D eigenvalue weighted by atomic mass is 16.4. The number of rotatable bonds is 7. The third kappa shape index (κ3) is 5.15. The lowest BCUT2D eigenvalue weighted by atomic mass is 9.80. The van der Waals surface area contributed by atoms with Gasteiger partial charge in [-0.2, -0.15) is 0 Å². The first kappa shape index (κ1) is 15.3. The minimum atomic E-state index is -1.17. The summed E-state index contributed by atoms with van der Waals surface area (Å²) in [6.45, 7) is 1.91. The first-order valence-corrected chi connectivity index (χ1v) is 6.48. The predicted molar refractivity (Wildman–Crippen MR) is 68.3 cm³/mol. The molecule has 108 valence electrons. The van der Waals surface area contributed by atoms with Crippen LogP contribution in [-0.4, -0.2) is 35.1 Å². The van der Waals surface area contributed by atoms with Gasteiger partial charge in [-0.05, 0) is 32.1 Å². The highest BCUT2D eigenvalue weighted by molar-refractivity contribution is 5.83. The summed E-state index contributed by atoms with van der Waals surface area (Å²) < 4.78 is 0. The first-order valence-electron chi connectivity index (χ1n) is 6.48. The van der Waals surface area contributed by atoms with E-state index < -0.39 is 23.9 Å². The van der Waals surface area contributed by atoms with E-state index in [9.17, 15) is 14.4 Å². The molecule has 5 N–H and O–H groups in total. The van der Waals surface area contributed by atoms with E-state index in [0.29, 0.717) is 5.92 Å². The van der Waals surface area contributed by atoms with Gasteiger partial charge in [-0.25, -0.2) is 9.59 Å². The van der Waals surface area contributed by atoms with Gasteiger partial charge in [-0.1, -0.05) is 6.42 Å². The van der Waals surface area contributed by atoms with Crippen LogP contribution in [-0.2, 0) is 9.59 Å². The fraction of sp³-hybridized carbons (Fsp3) is 0.750. The maximum absolute atomic E-state index is 11.7. The van der Waals surface area contributed by atoms with Gasteiger partial charge in [-0.3, -0.25) is 4.79 Å². The van der Waals surface area contributed by atoms with Crippen molar-refractivity contribution in [1.82, 2.24) is 10.6 Å². The molecule has 7 nitrogen and oxygen atoms in total. The Labute approximate surface area is 111 Å². The Balaban J connectivity index is 2.37. The lowest BCUT2D eigenvalue weighted by molar-refractivity contribution is -0.139. The second-order valence-electron chi connectivity index (χ2n) is 4.99. The van der Waals surface area contributed by atoms with Gasteiger partial charge in [0.15, 0.2) is 0 Å². The summed E-state index contributed by atoms with van der Waals surface area (Å²) >= 11 is 0. The Bertz CT molecular complexity index is 355. The van der Waals surface area contributed by atoms with Gasteiger partial charge in [0, 0.05) is 12.5 Å². The summed E-state index contributed by atoms with van der Waals surface area (Å²) in [4.78, 5) is 33.2. The summed E-state index contributed by atoms with van der Waals surface area (Å²) in [6, 6.07) is -1.59. The number of carboxylic acids is 1. The summed E-state index contributed by atoms with van der Waals surface area (Å²) in [6.07, 6.45) is 3.27. The van der Waals surface area contributed by atoms with Crippen molar-refractivity contribution in [3.63, 3.8) is 0 Å². The Morgan fingerprint density at radius 2 is 1.95 bits per heavy atom. The maximum atomic E-state index is 11.7. The van der Waals surface area contributed by atoms with Crippen molar-refractivity contribution in [2.45, 2.75) is 51.1 Å². The van der Waals surface area contributed by atoms with Crippen molar-refractivity contribution in [3.8, 4) is 0 Å². The fourth-order valence-electron chi connectivity index (χ4n) is 2.01. The lowest BCUT2D eigenvalue weighted by Gasteiger charge is -2.32. The monoisotopic (exact) mass is 271 g/mol. The number of carbonyl (C=O) groups excluding carboxylic acids is 2. The normalized spacial score (nSPS) is 17.9. The summed E-state index contributed by atoms with van der Waals surface area (Å²) in [7, 11) is 0. The van der Waals surface area contributed by atoms with Crippen molar-refractivity contribution in [3.05, 3.63) is 0 Å². The molecule has 0 spiro atoms. The van der Waals surface area contributed by atoms with Gasteiger partial charge in [0.1, 0.15) is 6.04 Å². The largest absolute Gasteiger partial charge is 0.480 e. The minimum Gasteiger partial charge on any atom is -0.480 e. The number of primary amides is 1. The zero-order valence-electron chi connectivity index (χ0n) is 11.0. The molecular weight excluding hydrogens is 250 g/mol. The van der Waals surface area contributed by atoms with Crippen LogP contribution in [0.3, 0.4) is 0 Å². The predicted octanol–water partition coefficient (Wildman–Crippen LogP) is 0.193. The molecule has 2 atom stereocenters. The molecule has 0 aromatic carbocycles. The van der Waals surface area contributed by atoms with E-state index in [1.165, 1.54) is 6.42 Å². The Hall–Kier alpha value is -1.79. The van der Waals surface area contributed by atoms with Crippen molar-refractivity contribution < 1.29 is 19.5 Å². The third-order valence-electron chi connectivity index (χ3n) is 3.50. The summed E-state index contributed by atoms with van der Waals surface area (Å²) in [5.41, 5.74) is 4.96. The Morgan fingerprint density at radius 1 is 1.32 bits per heavy atom. The number of hydrogen-bond donors (Lipinski definition) is 4. The van der Waals surface area contributed by atoms with E-state index in [1.807, 2.05) is 6.92 Å². The van der Waals surface area contributed by atoms with Crippen LogP contribution in [0.4, 0.5) is 4.79 Å². The van der Waals surface area contributed by atoms with E-state index in [2.05, 4.69) is 10.6 Å². The molecule has 7 heteroatoms. The second kappa shape index (κ2) is 6.96. The van der Waals surface area contributed by atoms with Crippen LogP contribution in [0.15, 0.2) is 0 Å². The third-order valence-corrected chi connectivity index (χ3v) is 3.50. The molecule has 1 saturated carbocycles. The molecular formula is C12H21N3O4. The molecule has 0 heterocycles. The van der Waals surface area contributed by atoms with Crippen LogP contribution in [0.2, 0.25) is 0 Å². The molecule has 0 radical (unpaired) electrons. The highest BCUT2D eigenvalue weighted by Gasteiger charge is 2.26. The van der Waals surface area contributed by atoms with E-state index in [4.69, 9.17) is 10.8 Å².